The Labute approximate surface area is 217 Å². The minimum Gasteiger partial charge on any atom is -0.478 e. The van der Waals surface area contributed by atoms with Crippen LogP contribution in [0.1, 0.15) is 45.9 Å². The van der Waals surface area contributed by atoms with Crippen LogP contribution in [-0.4, -0.2) is 49.7 Å². The van der Waals surface area contributed by atoms with Gasteiger partial charge in [0.15, 0.2) is 11.6 Å². The van der Waals surface area contributed by atoms with E-state index in [0.717, 1.165) is 46.3 Å². The van der Waals surface area contributed by atoms with E-state index in [1.165, 1.54) is 6.07 Å². The molecule has 38 heavy (non-hydrogen) atoms. The number of piperidine rings is 1. The van der Waals surface area contributed by atoms with Gasteiger partial charge in [0, 0.05) is 54.9 Å². The Morgan fingerprint density at radius 2 is 1.95 bits per heavy atom. The van der Waals surface area contributed by atoms with Crippen molar-refractivity contribution in [2.24, 2.45) is 7.05 Å². The fourth-order valence-electron chi connectivity index (χ4n) is 5.79. The number of carboxylic acid groups (broad SMARTS) is 1. The predicted molar refractivity (Wildman–Crippen MR) is 139 cm³/mol. The van der Waals surface area contributed by atoms with Crippen LogP contribution in [0, 0.1) is 11.6 Å². The number of benzene rings is 1. The molecule has 10 heteroatoms. The predicted octanol–water partition coefficient (Wildman–Crippen LogP) is 4.05. The van der Waals surface area contributed by atoms with Crippen LogP contribution in [0.15, 0.2) is 47.5 Å². The Bertz CT molecular complexity index is 1640. The number of pyridine rings is 2. The van der Waals surface area contributed by atoms with Crippen LogP contribution in [0.3, 0.4) is 0 Å². The van der Waals surface area contributed by atoms with Crippen LogP contribution in [0.25, 0.3) is 16.7 Å². The third kappa shape index (κ3) is 3.96. The van der Waals surface area contributed by atoms with Gasteiger partial charge in [0.2, 0.25) is 0 Å². The molecule has 6 rings (SSSR count). The number of likely N-dealkylation sites (tertiary alicyclic amines) is 1. The molecular weight excluding hydrogens is 492 g/mol. The molecule has 2 N–H and O–H groups in total. The molecule has 0 radical (unpaired) electrons. The number of aromatic carboxylic acids is 1. The molecule has 1 aromatic carbocycles. The molecule has 0 spiro atoms. The van der Waals surface area contributed by atoms with Gasteiger partial charge in [-0.1, -0.05) is 6.07 Å². The first kappa shape index (κ1) is 24.3. The summed E-state index contributed by atoms with van der Waals surface area (Å²) in [6.45, 7) is 2.79. The Hall–Kier alpha value is -4.05. The van der Waals surface area contributed by atoms with Crippen molar-refractivity contribution in [3.05, 3.63) is 87.1 Å². The third-order valence-electron chi connectivity index (χ3n) is 7.90. The van der Waals surface area contributed by atoms with Crippen molar-refractivity contribution in [1.82, 2.24) is 19.0 Å². The second-order valence-corrected chi connectivity index (χ2v) is 10.0. The number of carboxylic acids is 1. The molecular formula is C28H27F2N5O3. The molecule has 5 heterocycles. The van der Waals surface area contributed by atoms with E-state index < -0.39 is 23.2 Å². The number of nitrogens with zero attached hydrogens (tertiary/aromatic N) is 4. The highest BCUT2D eigenvalue weighted by Crippen LogP contribution is 2.33. The summed E-state index contributed by atoms with van der Waals surface area (Å²) < 4.78 is 32.6. The van der Waals surface area contributed by atoms with Crippen molar-refractivity contribution in [2.75, 3.05) is 25.0 Å². The van der Waals surface area contributed by atoms with Crippen LogP contribution in [0.4, 0.5) is 14.5 Å². The zero-order valence-corrected chi connectivity index (χ0v) is 20.9. The average molecular weight is 520 g/mol. The molecule has 1 saturated heterocycles. The maximum atomic E-state index is 14.6. The molecule has 196 valence electrons. The molecule has 0 atom stereocenters. The molecule has 8 nitrogen and oxygen atoms in total. The molecule has 0 saturated carbocycles. The van der Waals surface area contributed by atoms with E-state index >= 15 is 0 Å². The van der Waals surface area contributed by atoms with Crippen LogP contribution in [-0.2, 0) is 20.0 Å². The van der Waals surface area contributed by atoms with E-state index in [-0.39, 0.29) is 17.0 Å². The molecule has 0 unspecified atom stereocenters. The monoisotopic (exact) mass is 519 g/mol. The fraction of sp³-hybridized carbons (Fsp3) is 0.321. The highest BCUT2D eigenvalue weighted by atomic mass is 19.2. The summed E-state index contributed by atoms with van der Waals surface area (Å²) in [5.41, 5.74) is 3.88. The van der Waals surface area contributed by atoms with Crippen LogP contribution < -0.4 is 10.9 Å². The van der Waals surface area contributed by atoms with Crippen molar-refractivity contribution in [3.63, 3.8) is 0 Å². The number of nitrogens with one attached hydrogen (secondary N) is 1. The zero-order chi connectivity index (χ0) is 26.6. The van der Waals surface area contributed by atoms with Crippen molar-refractivity contribution in [1.29, 1.82) is 0 Å². The zero-order valence-electron chi connectivity index (χ0n) is 20.9. The summed E-state index contributed by atoms with van der Waals surface area (Å²) >= 11 is 0. The second-order valence-electron chi connectivity index (χ2n) is 10.0. The lowest BCUT2D eigenvalue weighted by Crippen LogP contribution is -2.33. The summed E-state index contributed by atoms with van der Waals surface area (Å²) in [6.07, 6.45) is 5.49. The highest BCUT2D eigenvalue weighted by molar-refractivity contribution is 5.88. The smallest absolute Gasteiger partial charge is 0.338 e. The minimum absolute atomic E-state index is 0.0208. The van der Waals surface area contributed by atoms with Gasteiger partial charge >= 0.3 is 5.97 Å². The van der Waals surface area contributed by atoms with Gasteiger partial charge in [-0.05, 0) is 68.1 Å². The van der Waals surface area contributed by atoms with Crippen molar-refractivity contribution < 1.29 is 18.7 Å². The summed E-state index contributed by atoms with van der Waals surface area (Å²) in [6, 6.07) is 8.41. The van der Waals surface area contributed by atoms with Crippen LogP contribution in [0.5, 0.6) is 0 Å². The first-order chi connectivity index (χ1) is 18.3. The Morgan fingerprint density at radius 1 is 1.16 bits per heavy atom. The van der Waals surface area contributed by atoms with Gasteiger partial charge in [0.05, 0.1) is 11.3 Å². The van der Waals surface area contributed by atoms with E-state index in [0.29, 0.717) is 38.9 Å². The Balaban J connectivity index is 1.22. The lowest BCUT2D eigenvalue weighted by molar-refractivity contribution is 0.0690. The molecule has 0 aliphatic carbocycles. The number of carbonyl (C=O) groups is 1. The minimum atomic E-state index is -1.48. The van der Waals surface area contributed by atoms with E-state index in [2.05, 4.69) is 21.3 Å². The summed E-state index contributed by atoms with van der Waals surface area (Å²) in [7, 11) is 1.96. The lowest BCUT2D eigenvalue weighted by atomic mass is 9.88. The van der Waals surface area contributed by atoms with Crippen molar-refractivity contribution in [3.8, 4) is 5.69 Å². The molecule has 0 amide bonds. The van der Waals surface area contributed by atoms with Crippen LogP contribution >= 0.6 is 0 Å². The number of aromatic nitrogens is 3. The largest absolute Gasteiger partial charge is 0.478 e. The second kappa shape index (κ2) is 9.36. The molecule has 2 aliphatic rings. The Morgan fingerprint density at radius 3 is 2.71 bits per heavy atom. The quantitative estimate of drug-likeness (QED) is 0.414. The van der Waals surface area contributed by atoms with Crippen LogP contribution in [0.2, 0.25) is 0 Å². The van der Waals surface area contributed by atoms with E-state index in [1.54, 1.807) is 17.0 Å². The van der Waals surface area contributed by atoms with Gasteiger partial charge in [-0.15, -0.1) is 0 Å². The van der Waals surface area contributed by atoms with E-state index in [1.807, 2.05) is 23.7 Å². The number of halogens is 2. The third-order valence-corrected chi connectivity index (χ3v) is 7.90. The molecule has 0 bridgehead atoms. The number of anilines is 1. The number of fused-ring (bicyclic) bond motifs is 2. The SMILES string of the molecule is Cn1c(CN2CCC(c3ccc(C(=O)O)c(F)c3F)CC2)cc2c(-n3ccc4c(c3=O)CCN4)ccnc21. The van der Waals surface area contributed by atoms with Gasteiger partial charge < -0.3 is 15.0 Å². The van der Waals surface area contributed by atoms with Gasteiger partial charge in [0.25, 0.3) is 5.56 Å². The Kier molecular flexibility index (Phi) is 5.98. The van der Waals surface area contributed by atoms with E-state index in [9.17, 15) is 18.4 Å². The molecule has 2 aliphatic heterocycles. The summed E-state index contributed by atoms with van der Waals surface area (Å²) in [4.78, 5) is 31.1. The summed E-state index contributed by atoms with van der Waals surface area (Å²) in [5, 5.41) is 13.2. The first-order valence-corrected chi connectivity index (χ1v) is 12.7. The normalized spacial score (nSPS) is 16.1. The van der Waals surface area contributed by atoms with Gasteiger partial charge in [0.1, 0.15) is 5.65 Å². The maximum Gasteiger partial charge on any atom is 0.338 e. The van der Waals surface area contributed by atoms with Crippen molar-refractivity contribution >= 4 is 22.7 Å². The summed E-state index contributed by atoms with van der Waals surface area (Å²) in [5.74, 6) is -4.01. The molecule has 4 aromatic rings. The topological polar surface area (TPSA) is 92.4 Å². The number of hydrogen-bond donors (Lipinski definition) is 2. The number of rotatable bonds is 5. The number of hydrogen-bond acceptors (Lipinski definition) is 5. The van der Waals surface area contributed by atoms with Gasteiger partial charge in [-0.2, -0.15) is 0 Å². The fourth-order valence-corrected chi connectivity index (χ4v) is 5.79. The van der Waals surface area contributed by atoms with E-state index in [4.69, 9.17) is 5.11 Å². The molecule has 3 aromatic heterocycles. The van der Waals surface area contributed by atoms with Gasteiger partial charge in [-0.3, -0.25) is 14.3 Å². The first-order valence-electron chi connectivity index (χ1n) is 12.7. The number of aryl methyl sites for hydroxylation is 1. The van der Waals surface area contributed by atoms with Gasteiger partial charge in [-0.25, -0.2) is 18.6 Å². The van der Waals surface area contributed by atoms with Crippen molar-refractivity contribution in [2.45, 2.75) is 31.7 Å². The average Bonchev–Trinajstić information content (AvgIpc) is 3.52. The maximum absolute atomic E-state index is 14.6. The lowest BCUT2D eigenvalue weighted by Gasteiger charge is -2.32. The highest BCUT2D eigenvalue weighted by Gasteiger charge is 2.27. The molecule has 1 fully saturated rings. The standard InChI is InChI=1S/C28H27F2N5O3/c1-33-17(15-34-11-6-16(7-12-34)18-2-3-20(28(37)38)25(30)24(18)29)14-21-23(5-10-32-26(21)33)35-13-8-22-19(27(35)36)4-9-31-22/h2-3,5,8,10,13-14,16,31H,4,6-7,9,11-12,15H2,1H3,(H,37,38).